The van der Waals surface area contributed by atoms with E-state index >= 15 is 0 Å². The number of hydrogen-bond donors (Lipinski definition) is 0. The van der Waals surface area contributed by atoms with Gasteiger partial charge in [-0.15, -0.1) is 0 Å². The molecule has 0 N–H and O–H groups in total. The van der Waals surface area contributed by atoms with Crippen LogP contribution in [0.2, 0.25) is 5.02 Å². The summed E-state index contributed by atoms with van der Waals surface area (Å²) in [5.41, 5.74) is 10.4. The summed E-state index contributed by atoms with van der Waals surface area (Å²) in [6.07, 6.45) is 4.83. The fraction of sp³-hybridized carbons (Fsp3) is 0.500. The van der Waals surface area contributed by atoms with Crippen LogP contribution in [0, 0.1) is 40.4 Å². The van der Waals surface area contributed by atoms with Gasteiger partial charge in [0.2, 0.25) is 0 Å². The molecular weight excluding hydrogens is 916 g/mol. The van der Waals surface area contributed by atoms with Gasteiger partial charge in [-0.3, -0.25) is 24.9 Å². The summed E-state index contributed by atoms with van der Waals surface area (Å²) in [5, 5.41) is 0.766. The molecule has 0 saturated heterocycles. The molecular formula is C60H85ClF4N6. The summed E-state index contributed by atoms with van der Waals surface area (Å²) >= 11 is 6.05. The Labute approximate surface area is 431 Å². The molecule has 0 spiro atoms. The van der Waals surface area contributed by atoms with Crippen LogP contribution in [0.25, 0.3) is 0 Å². The molecule has 11 heteroatoms. The average Bonchev–Trinajstić information content (AvgIpc) is 3.20. The van der Waals surface area contributed by atoms with Gasteiger partial charge < -0.3 is 0 Å². The number of pyridine rings is 6. The van der Waals surface area contributed by atoms with Crippen LogP contribution in [-0.4, -0.2) is 29.9 Å². The van der Waals surface area contributed by atoms with E-state index < -0.39 is 11.9 Å². The predicted octanol–water partition coefficient (Wildman–Crippen LogP) is 17.6. The first-order chi connectivity index (χ1) is 32.0. The van der Waals surface area contributed by atoms with Gasteiger partial charge >= 0.3 is 6.18 Å². The van der Waals surface area contributed by atoms with Crippen LogP contribution in [-0.2, 0) is 38.7 Å². The maximum Gasteiger partial charge on any atom is 0.433 e. The summed E-state index contributed by atoms with van der Waals surface area (Å²) in [4.78, 5) is 25.0. The third-order valence-corrected chi connectivity index (χ3v) is 10.6. The van der Waals surface area contributed by atoms with E-state index in [9.17, 15) is 17.6 Å². The highest BCUT2D eigenvalue weighted by molar-refractivity contribution is 6.31. The van der Waals surface area contributed by atoms with Crippen molar-refractivity contribution in [2.24, 2.45) is 0 Å². The zero-order valence-electron chi connectivity index (χ0n) is 47.3. The van der Waals surface area contributed by atoms with Crippen molar-refractivity contribution in [3.05, 3.63) is 176 Å². The second kappa shape index (κ2) is 26.0. The summed E-state index contributed by atoms with van der Waals surface area (Å²) in [6.45, 7) is 47.3. The summed E-state index contributed by atoms with van der Waals surface area (Å²) < 4.78 is 50.2. The van der Waals surface area contributed by atoms with Crippen LogP contribution >= 0.6 is 11.6 Å². The lowest BCUT2D eigenvalue weighted by atomic mass is 9.89. The van der Waals surface area contributed by atoms with E-state index in [1.165, 1.54) is 34.5 Å². The molecule has 0 bridgehead atoms. The van der Waals surface area contributed by atoms with Crippen LogP contribution in [0.4, 0.5) is 17.6 Å². The standard InChI is InChI=1S/C10H14ClN.C10H12F3N.C10H14FN.3C10H15N/c1-7-5-8(11)9(12-6-7)10(2,3)4;1-9(2,3)7-5-4-6-8(14-7)10(11,12)13;1-7-5-8(11)9(12-6-7)10(2,3)4;1-8-5-6-11-9(7-8)10(2,3)4;1-8-5-6-9(11-7-8)10(2,3)4;1-8-6-5-7-11-9(8)10(2,3)4/h5-6H,1-4H3;4-6H,1-3H3;5-6H,1-4H3;3*5-7H,1-4H3. The second-order valence-electron chi connectivity index (χ2n) is 24.2. The highest BCUT2D eigenvalue weighted by Gasteiger charge is 2.33. The van der Waals surface area contributed by atoms with Crippen molar-refractivity contribution < 1.29 is 17.6 Å². The molecule has 0 amide bonds. The Balaban J connectivity index is 0.000000427. The van der Waals surface area contributed by atoms with Crippen molar-refractivity contribution in [2.45, 2.75) is 198 Å². The van der Waals surface area contributed by atoms with Crippen molar-refractivity contribution in [3.8, 4) is 0 Å². The van der Waals surface area contributed by atoms with Crippen LogP contribution in [0.15, 0.2) is 97.7 Å². The minimum atomic E-state index is -4.36. The summed E-state index contributed by atoms with van der Waals surface area (Å²) in [6, 6.07) is 19.9. The Morgan fingerprint density at radius 1 is 0.380 bits per heavy atom. The zero-order valence-corrected chi connectivity index (χ0v) is 48.1. The predicted molar refractivity (Wildman–Crippen MR) is 291 cm³/mol. The van der Waals surface area contributed by atoms with E-state index in [1.807, 2.05) is 98.4 Å². The highest BCUT2D eigenvalue weighted by Crippen LogP contribution is 2.31. The Hall–Kier alpha value is -5.09. The molecule has 0 radical (unpaired) electrons. The first-order valence-corrected chi connectivity index (χ1v) is 24.5. The maximum absolute atomic E-state index is 13.3. The lowest BCUT2D eigenvalue weighted by molar-refractivity contribution is -0.141. The molecule has 390 valence electrons. The quantitative estimate of drug-likeness (QED) is 0.141. The topological polar surface area (TPSA) is 77.3 Å². The summed E-state index contributed by atoms with van der Waals surface area (Å²) in [7, 11) is 0. The van der Waals surface area contributed by atoms with Gasteiger partial charge in [-0.1, -0.05) is 154 Å². The molecule has 0 aromatic carbocycles. The molecule has 6 aromatic heterocycles. The Morgan fingerprint density at radius 3 is 1.24 bits per heavy atom. The first-order valence-electron chi connectivity index (χ1n) is 24.1. The van der Waals surface area contributed by atoms with Crippen LogP contribution in [0.5, 0.6) is 0 Å². The molecule has 6 nitrogen and oxygen atoms in total. The molecule has 0 atom stereocenters. The SMILES string of the molecule is CC(C)(C)c1cccc(C(F)(F)F)n1.Cc1ccc(C(C)(C)C)nc1.Cc1cccnc1C(C)(C)C.Cc1ccnc(C(C)(C)C)c1.Cc1cnc(C(C)(C)C)c(Cl)c1.Cc1cnc(C(C)(C)C)c(F)c1. The monoisotopic (exact) mass is 1000 g/mol. The number of aromatic nitrogens is 6. The van der Waals surface area contributed by atoms with Gasteiger partial charge in [0.1, 0.15) is 11.5 Å². The van der Waals surface area contributed by atoms with E-state index in [0.29, 0.717) is 11.4 Å². The van der Waals surface area contributed by atoms with Gasteiger partial charge in [-0.25, -0.2) is 9.37 Å². The molecule has 0 aliphatic heterocycles. The Kier molecular flexibility index (Phi) is 23.4. The molecule has 0 saturated carbocycles. The van der Waals surface area contributed by atoms with Crippen LogP contribution < -0.4 is 0 Å². The normalized spacial score (nSPS) is 11.9. The number of hydrogen-bond acceptors (Lipinski definition) is 6. The fourth-order valence-corrected chi connectivity index (χ4v) is 6.81. The van der Waals surface area contributed by atoms with Gasteiger partial charge in [0.05, 0.1) is 16.4 Å². The minimum absolute atomic E-state index is 0.0325. The molecule has 6 rings (SSSR count). The third kappa shape index (κ3) is 23.8. The van der Waals surface area contributed by atoms with E-state index in [4.69, 9.17) is 11.6 Å². The second-order valence-corrected chi connectivity index (χ2v) is 24.6. The Morgan fingerprint density at radius 2 is 0.859 bits per heavy atom. The van der Waals surface area contributed by atoms with Crippen molar-refractivity contribution in [2.75, 3.05) is 0 Å². The number of halogens is 5. The van der Waals surface area contributed by atoms with Gasteiger partial charge in [0.25, 0.3) is 0 Å². The number of aryl methyl sites for hydroxylation is 5. The van der Waals surface area contributed by atoms with Crippen LogP contribution in [0.1, 0.15) is 192 Å². The highest BCUT2D eigenvalue weighted by atomic mass is 35.5. The zero-order chi connectivity index (χ0) is 55.1. The molecule has 71 heavy (non-hydrogen) atoms. The summed E-state index contributed by atoms with van der Waals surface area (Å²) in [5.74, 6) is -0.206. The number of nitrogens with zero attached hydrogens (tertiary/aromatic N) is 6. The first kappa shape index (κ1) is 63.9. The lowest BCUT2D eigenvalue weighted by Crippen LogP contribution is -2.17. The van der Waals surface area contributed by atoms with Crippen molar-refractivity contribution >= 4 is 11.6 Å². The van der Waals surface area contributed by atoms with Gasteiger partial charge in [0, 0.05) is 86.2 Å². The molecule has 0 fully saturated rings. The minimum Gasteiger partial charge on any atom is -0.261 e. The molecule has 6 aromatic rings. The van der Waals surface area contributed by atoms with E-state index in [-0.39, 0.29) is 38.3 Å². The van der Waals surface area contributed by atoms with E-state index in [2.05, 4.69) is 158 Å². The maximum atomic E-state index is 13.3. The van der Waals surface area contributed by atoms with Gasteiger partial charge in [0.15, 0.2) is 0 Å². The number of rotatable bonds is 0. The fourth-order valence-electron chi connectivity index (χ4n) is 6.31. The van der Waals surface area contributed by atoms with Crippen LogP contribution in [0.3, 0.4) is 0 Å². The van der Waals surface area contributed by atoms with Crippen molar-refractivity contribution in [3.63, 3.8) is 0 Å². The van der Waals surface area contributed by atoms with E-state index in [0.717, 1.165) is 39.3 Å². The number of alkyl halides is 3. The third-order valence-electron chi connectivity index (χ3n) is 10.3. The smallest absolute Gasteiger partial charge is 0.261 e. The van der Waals surface area contributed by atoms with Crippen molar-refractivity contribution in [1.29, 1.82) is 0 Å². The Bertz CT molecular complexity index is 2450. The van der Waals surface area contributed by atoms with Gasteiger partial charge in [-0.2, -0.15) is 13.2 Å². The largest absolute Gasteiger partial charge is 0.433 e. The molecule has 0 aliphatic carbocycles. The van der Waals surface area contributed by atoms with Gasteiger partial charge in [-0.05, 0) is 111 Å². The average molecular weight is 1000 g/mol. The molecule has 0 unspecified atom stereocenters. The lowest BCUT2D eigenvalue weighted by Gasteiger charge is -2.19. The molecule has 0 aliphatic rings. The van der Waals surface area contributed by atoms with E-state index in [1.54, 1.807) is 12.3 Å². The van der Waals surface area contributed by atoms with Crippen molar-refractivity contribution in [1.82, 2.24) is 29.9 Å². The molecule has 6 heterocycles.